The summed E-state index contributed by atoms with van der Waals surface area (Å²) in [4.78, 5) is 2.91. The SMILES string of the molecule is N#CCc1cnc(C(F)(F)F)c(C(F)F)c1Cl. The van der Waals surface area contributed by atoms with Crippen molar-refractivity contribution in [1.82, 2.24) is 4.98 Å². The van der Waals surface area contributed by atoms with E-state index >= 15 is 0 Å². The molecule has 0 unspecified atom stereocenters. The summed E-state index contributed by atoms with van der Waals surface area (Å²) in [5.41, 5.74) is -3.26. The molecule has 0 fully saturated rings. The Bertz CT molecular complexity index is 464. The zero-order chi connectivity index (χ0) is 13.2. The van der Waals surface area contributed by atoms with E-state index in [0.29, 0.717) is 6.20 Å². The first kappa shape index (κ1) is 13.6. The Balaban J connectivity index is 3.46. The minimum Gasteiger partial charge on any atom is -0.251 e. The first-order valence-corrected chi connectivity index (χ1v) is 4.56. The van der Waals surface area contributed by atoms with Crippen LogP contribution in [-0.2, 0) is 12.6 Å². The molecule has 0 saturated heterocycles. The molecule has 0 bridgehead atoms. The molecule has 0 aliphatic heterocycles. The van der Waals surface area contributed by atoms with Crippen molar-refractivity contribution in [3.8, 4) is 6.07 Å². The van der Waals surface area contributed by atoms with Gasteiger partial charge in [-0.2, -0.15) is 18.4 Å². The zero-order valence-corrected chi connectivity index (χ0v) is 8.78. The third-order valence-corrected chi connectivity index (χ3v) is 2.33. The summed E-state index contributed by atoms with van der Waals surface area (Å²) in [6.07, 6.45) is -8.13. The fraction of sp³-hybridized carbons (Fsp3) is 0.333. The number of nitrogens with zero attached hydrogens (tertiary/aromatic N) is 2. The van der Waals surface area contributed by atoms with Crippen LogP contribution in [-0.4, -0.2) is 4.98 Å². The van der Waals surface area contributed by atoms with Crippen LogP contribution in [0.15, 0.2) is 6.20 Å². The fourth-order valence-corrected chi connectivity index (χ4v) is 1.47. The highest BCUT2D eigenvalue weighted by molar-refractivity contribution is 6.32. The molecule has 0 atom stereocenters. The lowest BCUT2D eigenvalue weighted by Crippen LogP contribution is -2.14. The van der Waals surface area contributed by atoms with Crippen LogP contribution in [0, 0.1) is 11.3 Å². The summed E-state index contributed by atoms with van der Waals surface area (Å²) in [5, 5.41) is 7.60. The molecule has 0 aromatic carbocycles. The van der Waals surface area contributed by atoms with Gasteiger partial charge in [0.05, 0.1) is 23.1 Å². The third-order valence-electron chi connectivity index (χ3n) is 1.88. The van der Waals surface area contributed by atoms with E-state index in [1.807, 2.05) is 0 Å². The lowest BCUT2D eigenvalue weighted by Gasteiger charge is -2.14. The Morgan fingerprint density at radius 3 is 2.41 bits per heavy atom. The van der Waals surface area contributed by atoms with Crippen LogP contribution in [0.25, 0.3) is 0 Å². The maximum absolute atomic E-state index is 12.5. The predicted octanol–water partition coefficient (Wildman–Crippen LogP) is 3.76. The summed E-state index contributed by atoms with van der Waals surface area (Å²) in [6, 6.07) is 1.60. The van der Waals surface area contributed by atoms with Crippen LogP contribution >= 0.6 is 11.6 Å². The van der Waals surface area contributed by atoms with Gasteiger partial charge < -0.3 is 0 Å². The van der Waals surface area contributed by atoms with E-state index in [-0.39, 0.29) is 12.0 Å². The molecular weight excluding hydrogens is 267 g/mol. The van der Waals surface area contributed by atoms with Crippen molar-refractivity contribution in [1.29, 1.82) is 5.26 Å². The average Bonchev–Trinajstić information content (AvgIpc) is 2.18. The van der Waals surface area contributed by atoms with E-state index in [0.717, 1.165) is 0 Å². The minimum atomic E-state index is -5.01. The van der Waals surface area contributed by atoms with E-state index < -0.39 is 28.9 Å². The van der Waals surface area contributed by atoms with Crippen molar-refractivity contribution < 1.29 is 22.0 Å². The van der Waals surface area contributed by atoms with Gasteiger partial charge in [-0.25, -0.2) is 8.78 Å². The van der Waals surface area contributed by atoms with Gasteiger partial charge in [0.1, 0.15) is 0 Å². The second kappa shape index (κ2) is 4.84. The van der Waals surface area contributed by atoms with E-state index in [4.69, 9.17) is 16.9 Å². The van der Waals surface area contributed by atoms with E-state index in [9.17, 15) is 22.0 Å². The van der Waals surface area contributed by atoms with Crippen LogP contribution < -0.4 is 0 Å². The quantitative estimate of drug-likeness (QED) is 0.767. The van der Waals surface area contributed by atoms with Crippen molar-refractivity contribution in [3.05, 3.63) is 28.0 Å². The molecule has 1 aromatic heterocycles. The van der Waals surface area contributed by atoms with E-state index in [1.165, 1.54) is 0 Å². The van der Waals surface area contributed by atoms with Gasteiger partial charge in [-0.3, -0.25) is 4.98 Å². The Morgan fingerprint density at radius 2 is 2.00 bits per heavy atom. The number of hydrogen-bond acceptors (Lipinski definition) is 2. The monoisotopic (exact) mass is 270 g/mol. The summed E-state index contributed by atoms with van der Waals surface area (Å²) >= 11 is 5.42. The molecule has 0 aliphatic rings. The van der Waals surface area contributed by atoms with Gasteiger partial charge in [0.2, 0.25) is 0 Å². The lowest BCUT2D eigenvalue weighted by molar-refractivity contribution is -0.143. The standard InChI is InChI=1S/C9H4ClF5N2/c10-6-4(1-2-16)3-17-7(9(13,14)15)5(6)8(11)12/h3,8H,1H2. The zero-order valence-electron chi connectivity index (χ0n) is 8.02. The van der Waals surface area contributed by atoms with Crippen molar-refractivity contribution in [2.45, 2.75) is 19.0 Å². The lowest BCUT2D eigenvalue weighted by atomic mass is 10.1. The van der Waals surface area contributed by atoms with Gasteiger partial charge in [-0.15, -0.1) is 0 Å². The molecule has 0 N–H and O–H groups in total. The molecule has 8 heteroatoms. The van der Waals surface area contributed by atoms with Crippen molar-refractivity contribution in [2.24, 2.45) is 0 Å². The molecule has 0 aliphatic carbocycles. The molecule has 2 nitrogen and oxygen atoms in total. The van der Waals surface area contributed by atoms with Crippen LogP contribution in [0.4, 0.5) is 22.0 Å². The Kier molecular flexibility index (Phi) is 3.88. The van der Waals surface area contributed by atoms with Gasteiger partial charge in [0.25, 0.3) is 6.43 Å². The van der Waals surface area contributed by atoms with Crippen molar-refractivity contribution >= 4 is 11.6 Å². The number of nitriles is 1. The normalized spacial score (nSPS) is 11.6. The summed E-state index contributed by atoms with van der Waals surface area (Å²) in [7, 11) is 0. The van der Waals surface area contributed by atoms with Crippen LogP contribution in [0.1, 0.15) is 23.2 Å². The molecule has 17 heavy (non-hydrogen) atoms. The third kappa shape index (κ3) is 2.82. The largest absolute Gasteiger partial charge is 0.433 e. The van der Waals surface area contributed by atoms with Crippen molar-refractivity contribution in [3.63, 3.8) is 0 Å². The van der Waals surface area contributed by atoms with Gasteiger partial charge >= 0.3 is 6.18 Å². The second-order valence-corrected chi connectivity index (χ2v) is 3.37. The smallest absolute Gasteiger partial charge is 0.251 e. The Morgan fingerprint density at radius 1 is 1.41 bits per heavy atom. The maximum atomic E-state index is 12.5. The van der Waals surface area contributed by atoms with Gasteiger partial charge in [0, 0.05) is 11.8 Å². The maximum Gasteiger partial charge on any atom is 0.433 e. The Labute approximate surface area is 97.6 Å². The van der Waals surface area contributed by atoms with E-state index in [1.54, 1.807) is 6.07 Å². The number of aromatic nitrogens is 1. The number of halogens is 6. The average molecular weight is 271 g/mol. The van der Waals surface area contributed by atoms with Crippen LogP contribution in [0.2, 0.25) is 5.02 Å². The highest BCUT2D eigenvalue weighted by Crippen LogP contribution is 2.39. The van der Waals surface area contributed by atoms with Crippen LogP contribution in [0.5, 0.6) is 0 Å². The molecule has 0 saturated carbocycles. The molecule has 0 radical (unpaired) electrons. The minimum absolute atomic E-state index is 0.155. The molecule has 1 aromatic rings. The first-order chi connectivity index (χ1) is 7.79. The number of alkyl halides is 5. The topological polar surface area (TPSA) is 36.7 Å². The number of rotatable bonds is 2. The van der Waals surface area contributed by atoms with Gasteiger partial charge in [-0.1, -0.05) is 11.6 Å². The fourth-order valence-electron chi connectivity index (χ4n) is 1.18. The van der Waals surface area contributed by atoms with Crippen molar-refractivity contribution in [2.75, 3.05) is 0 Å². The molecule has 0 spiro atoms. The summed E-state index contributed by atoms with van der Waals surface area (Å²) in [6.45, 7) is 0. The number of pyridine rings is 1. The first-order valence-electron chi connectivity index (χ1n) is 4.18. The molecule has 92 valence electrons. The van der Waals surface area contributed by atoms with E-state index in [2.05, 4.69) is 4.98 Å². The van der Waals surface area contributed by atoms with Gasteiger partial charge in [-0.05, 0) is 0 Å². The molecule has 0 amide bonds. The number of hydrogen-bond donors (Lipinski definition) is 0. The van der Waals surface area contributed by atoms with Crippen LogP contribution in [0.3, 0.4) is 0 Å². The Hall–Kier alpha value is -1.42. The molecule has 1 heterocycles. The highest BCUT2D eigenvalue weighted by atomic mass is 35.5. The second-order valence-electron chi connectivity index (χ2n) is 2.99. The highest BCUT2D eigenvalue weighted by Gasteiger charge is 2.39. The van der Waals surface area contributed by atoms with Gasteiger partial charge in [0.15, 0.2) is 5.69 Å². The summed E-state index contributed by atoms with van der Waals surface area (Å²) < 4.78 is 62.2. The predicted molar refractivity (Wildman–Crippen MR) is 48.5 cm³/mol. The summed E-state index contributed by atoms with van der Waals surface area (Å²) in [5.74, 6) is 0. The molecule has 1 rings (SSSR count). The molecular formula is C9H4ClF5N2.